The zero-order valence-electron chi connectivity index (χ0n) is 14.4. The highest BCUT2D eigenvalue weighted by Gasteiger charge is 2.56. The van der Waals surface area contributed by atoms with E-state index in [1.807, 2.05) is 0 Å². The van der Waals surface area contributed by atoms with Crippen molar-refractivity contribution in [3.05, 3.63) is 29.6 Å². The highest BCUT2D eigenvalue weighted by molar-refractivity contribution is 6.09. The molecular weight excluding hydrogens is 325 g/mol. The summed E-state index contributed by atoms with van der Waals surface area (Å²) in [6.45, 7) is 2.27. The molecule has 7 heteroatoms. The van der Waals surface area contributed by atoms with Gasteiger partial charge in [0.05, 0.1) is 0 Å². The van der Waals surface area contributed by atoms with Crippen molar-refractivity contribution in [3.63, 3.8) is 0 Å². The van der Waals surface area contributed by atoms with Crippen molar-refractivity contribution in [2.75, 3.05) is 18.5 Å². The molecular formula is C18H22FN3O3. The summed E-state index contributed by atoms with van der Waals surface area (Å²) in [6.07, 6.45) is 2.26. The number of carbonyl (C=O) groups excluding carboxylic acids is 3. The van der Waals surface area contributed by atoms with E-state index in [0.717, 1.165) is 6.42 Å². The number of rotatable bonds is 4. The lowest BCUT2D eigenvalue weighted by Gasteiger charge is -2.34. The second-order valence-corrected chi connectivity index (χ2v) is 6.75. The predicted molar refractivity (Wildman–Crippen MR) is 90.4 cm³/mol. The lowest BCUT2D eigenvalue weighted by atomic mass is 9.99. The molecule has 6 nitrogen and oxygen atoms in total. The average Bonchev–Trinajstić information content (AvgIpc) is 3.38. The summed E-state index contributed by atoms with van der Waals surface area (Å²) >= 11 is 0. The summed E-state index contributed by atoms with van der Waals surface area (Å²) in [5.41, 5.74) is 0.297. The fraction of sp³-hybridized carbons (Fsp3) is 0.500. The second kappa shape index (κ2) is 6.46. The molecule has 134 valence electrons. The van der Waals surface area contributed by atoms with Gasteiger partial charge < -0.3 is 15.5 Å². The lowest BCUT2D eigenvalue weighted by molar-refractivity contribution is -0.139. The van der Waals surface area contributed by atoms with E-state index in [1.54, 1.807) is 17.9 Å². The Labute approximate surface area is 145 Å². The van der Waals surface area contributed by atoms with Crippen molar-refractivity contribution in [3.8, 4) is 0 Å². The molecule has 2 aliphatic rings. The van der Waals surface area contributed by atoms with E-state index < -0.39 is 11.5 Å². The van der Waals surface area contributed by atoms with Gasteiger partial charge in [0.15, 0.2) is 0 Å². The first-order valence-electron chi connectivity index (χ1n) is 8.50. The molecule has 3 rings (SSSR count). The van der Waals surface area contributed by atoms with Gasteiger partial charge in [0, 0.05) is 19.3 Å². The van der Waals surface area contributed by atoms with Crippen molar-refractivity contribution in [1.29, 1.82) is 0 Å². The van der Waals surface area contributed by atoms with Crippen LogP contribution in [0.4, 0.5) is 10.1 Å². The molecule has 1 aromatic rings. The van der Waals surface area contributed by atoms with Gasteiger partial charge in [-0.2, -0.15) is 0 Å². The zero-order valence-corrected chi connectivity index (χ0v) is 14.4. The highest BCUT2D eigenvalue weighted by Crippen LogP contribution is 2.46. The standard InChI is InChI=1S/C18H22FN3O3/c1-11-10-12(19)5-6-14(11)22-9-3-4-13(15(22)23)21-17(25)18(7-8-18)16(24)20-2/h5-6,10,13H,3-4,7-9H2,1-2H3,(H,20,24)(H,21,25). The van der Waals surface area contributed by atoms with Gasteiger partial charge in [0.1, 0.15) is 17.3 Å². The van der Waals surface area contributed by atoms with Crippen LogP contribution in [0.15, 0.2) is 18.2 Å². The molecule has 1 saturated carbocycles. The number of hydrogen-bond donors (Lipinski definition) is 2. The Morgan fingerprint density at radius 1 is 1.28 bits per heavy atom. The molecule has 1 aliphatic carbocycles. The second-order valence-electron chi connectivity index (χ2n) is 6.75. The summed E-state index contributed by atoms with van der Waals surface area (Å²) in [5, 5.41) is 5.27. The van der Waals surface area contributed by atoms with E-state index in [2.05, 4.69) is 10.6 Å². The van der Waals surface area contributed by atoms with E-state index in [-0.39, 0.29) is 23.5 Å². The molecule has 0 aromatic heterocycles. The van der Waals surface area contributed by atoms with Crippen LogP contribution in [-0.2, 0) is 14.4 Å². The van der Waals surface area contributed by atoms with Gasteiger partial charge in [0.25, 0.3) is 0 Å². The van der Waals surface area contributed by atoms with Gasteiger partial charge in [-0.15, -0.1) is 0 Å². The minimum absolute atomic E-state index is 0.220. The van der Waals surface area contributed by atoms with Crippen LogP contribution in [0.3, 0.4) is 0 Å². The summed E-state index contributed by atoms with van der Waals surface area (Å²) < 4.78 is 13.3. The first kappa shape index (κ1) is 17.4. The van der Waals surface area contributed by atoms with Crippen LogP contribution in [0.25, 0.3) is 0 Å². The topological polar surface area (TPSA) is 78.5 Å². The Morgan fingerprint density at radius 3 is 2.60 bits per heavy atom. The summed E-state index contributed by atoms with van der Waals surface area (Å²) in [7, 11) is 1.50. The maximum Gasteiger partial charge on any atom is 0.249 e. The monoisotopic (exact) mass is 347 g/mol. The molecule has 0 spiro atoms. The number of nitrogens with zero attached hydrogens (tertiary/aromatic N) is 1. The van der Waals surface area contributed by atoms with Gasteiger partial charge >= 0.3 is 0 Å². The first-order chi connectivity index (χ1) is 11.9. The third-order valence-electron chi connectivity index (χ3n) is 5.04. The summed E-state index contributed by atoms with van der Waals surface area (Å²) in [5.74, 6) is -1.26. The van der Waals surface area contributed by atoms with Crippen LogP contribution in [0.2, 0.25) is 0 Å². The maximum absolute atomic E-state index is 13.3. The Morgan fingerprint density at radius 2 is 2.00 bits per heavy atom. The van der Waals surface area contributed by atoms with E-state index in [0.29, 0.717) is 37.1 Å². The molecule has 1 heterocycles. The molecule has 1 saturated heterocycles. The quantitative estimate of drug-likeness (QED) is 0.805. The van der Waals surface area contributed by atoms with E-state index in [4.69, 9.17) is 0 Å². The van der Waals surface area contributed by atoms with Crippen LogP contribution < -0.4 is 15.5 Å². The van der Waals surface area contributed by atoms with Crippen molar-refractivity contribution < 1.29 is 18.8 Å². The molecule has 1 aromatic carbocycles. The molecule has 0 radical (unpaired) electrons. The summed E-state index contributed by atoms with van der Waals surface area (Å²) in [4.78, 5) is 38.8. The van der Waals surface area contributed by atoms with Gasteiger partial charge in [-0.05, 0) is 56.4 Å². The molecule has 3 amide bonds. The molecule has 25 heavy (non-hydrogen) atoms. The molecule has 2 fully saturated rings. The molecule has 1 atom stereocenters. The SMILES string of the molecule is CNC(=O)C1(C(=O)NC2CCCN(c3ccc(F)cc3C)C2=O)CC1. The Bertz CT molecular complexity index is 730. The van der Waals surface area contributed by atoms with Crippen molar-refractivity contribution in [2.24, 2.45) is 5.41 Å². The number of nitrogens with one attached hydrogen (secondary N) is 2. The minimum atomic E-state index is -1.02. The Kier molecular flexibility index (Phi) is 4.49. The number of halogens is 1. The smallest absolute Gasteiger partial charge is 0.249 e. The van der Waals surface area contributed by atoms with E-state index >= 15 is 0 Å². The third kappa shape index (κ3) is 3.10. The number of piperidine rings is 1. The van der Waals surface area contributed by atoms with Gasteiger partial charge in [-0.25, -0.2) is 4.39 Å². The van der Waals surface area contributed by atoms with Crippen molar-refractivity contribution >= 4 is 23.4 Å². The largest absolute Gasteiger partial charge is 0.358 e. The fourth-order valence-corrected chi connectivity index (χ4v) is 3.39. The number of carbonyl (C=O) groups is 3. The van der Waals surface area contributed by atoms with Crippen LogP contribution in [0.5, 0.6) is 0 Å². The lowest BCUT2D eigenvalue weighted by Crippen LogP contribution is -2.55. The first-order valence-corrected chi connectivity index (χ1v) is 8.50. The van der Waals surface area contributed by atoms with Crippen molar-refractivity contribution in [1.82, 2.24) is 10.6 Å². The predicted octanol–water partition coefficient (Wildman–Crippen LogP) is 1.27. The average molecular weight is 347 g/mol. The number of hydrogen-bond acceptors (Lipinski definition) is 3. The fourth-order valence-electron chi connectivity index (χ4n) is 3.39. The highest BCUT2D eigenvalue weighted by atomic mass is 19.1. The maximum atomic E-state index is 13.3. The molecule has 0 bridgehead atoms. The van der Waals surface area contributed by atoms with Crippen LogP contribution in [-0.4, -0.2) is 37.4 Å². The number of amides is 3. The molecule has 1 unspecified atom stereocenters. The van der Waals surface area contributed by atoms with Gasteiger partial charge in [-0.1, -0.05) is 0 Å². The zero-order chi connectivity index (χ0) is 18.2. The third-order valence-corrected chi connectivity index (χ3v) is 5.04. The number of benzene rings is 1. The normalized spacial score (nSPS) is 21.6. The van der Waals surface area contributed by atoms with Gasteiger partial charge in [-0.3, -0.25) is 14.4 Å². The minimum Gasteiger partial charge on any atom is -0.358 e. The number of aryl methyl sites for hydroxylation is 1. The van der Waals surface area contributed by atoms with E-state index in [9.17, 15) is 18.8 Å². The van der Waals surface area contributed by atoms with Crippen LogP contribution >= 0.6 is 0 Å². The summed E-state index contributed by atoms with van der Waals surface area (Å²) in [6, 6.07) is 3.63. The Hall–Kier alpha value is -2.44. The number of anilines is 1. The molecule has 2 N–H and O–H groups in total. The van der Waals surface area contributed by atoms with Crippen molar-refractivity contribution in [2.45, 2.75) is 38.6 Å². The van der Waals surface area contributed by atoms with Crippen LogP contribution in [0, 0.1) is 18.2 Å². The van der Waals surface area contributed by atoms with Crippen LogP contribution in [0.1, 0.15) is 31.2 Å². The van der Waals surface area contributed by atoms with Gasteiger partial charge in [0.2, 0.25) is 17.7 Å². The van der Waals surface area contributed by atoms with E-state index in [1.165, 1.54) is 19.2 Å². The molecule has 1 aliphatic heterocycles. The Balaban J connectivity index is 1.74.